The van der Waals surface area contributed by atoms with Gasteiger partial charge in [-0.2, -0.15) is 0 Å². The third-order valence-corrected chi connectivity index (χ3v) is 5.18. The molecular weight excluding hydrogens is 336 g/mol. The van der Waals surface area contributed by atoms with Crippen molar-refractivity contribution in [2.45, 2.75) is 26.0 Å². The van der Waals surface area contributed by atoms with E-state index in [4.69, 9.17) is 4.74 Å². The third-order valence-electron chi connectivity index (χ3n) is 5.18. The zero-order valence-electron chi connectivity index (χ0n) is 16.2. The average molecular weight is 367 g/mol. The van der Waals surface area contributed by atoms with E-state index in [1.807, 2.05) is 30.3 Å². The second kappa shape index (κ2) is 10.4. The molecule has 0 bridgehead atoms. The Morgan fingerprint density at radius 2 is 1.59 bits per heavy atom. The van der Waals surface area contributed by atoms with Crippen molar-refractivity contribution in [1.29, 1.82) is 0 Å². The molecule has 2 aromatic carbocycles. The quantitative estimate of drug-likeness (QED) is 0.636. The third kappa shape index (κ3) is 5.99. The topological polar surface area (TPSA) is 32.8 Å². The predicted octanol–water partition coefficient (Wildman–Crippen LogP) is 3.48. The van der Waals surface area contributed by atoms with Crippen LogP contribution in [0.5, 0.6) is 0 Å². The van der Waals surface area contributed by atoms with Crippen LogP contribution in [0, 0.1) is 0 Å². The van der Waals surface area contributed by atoms with Gasteiger partial charge in [0.15, 0.2) is 5.78 Å². The van der Waals surface area contributed by atoms with Crippen molar-refractivity contribution in [2.24, 2.45) is 0 Å². The fourth-order valence-corrected chi connectivity index (χ4v) is 3.60. The summed E-state index contributed by atoms with van der Waals surface area (Å²) in [4.78, 5) is 17.1. The zero-order valence-corrected chi connectivity index (χ0v) is 16.2. The smallest absolute Gasteiger partial charge is 0.164 e. The highest BCUT2D eigenvalue weighted by atomic mass is 16.5. The molecule has 0 N–H and O–H groups in total. The molecule has 4 heteroatoms. The van der Waals surface area contributed by atoms with Crippen molar-refractivity contribution in [1.82, 2.24) is 9.80 Å². The summed E-state index contributed by atoms with van der Waals surface area (Å²) in [5, 5.41) is 0. The maximum Gasteiger partial charge on any atom is 0.164 e. The number of nitrogens with zero attached hydrogens (tertiary/aromatic N) is 2. The van der Waals surface area contributed by atoms with Gasteiger partial charge in [0.2, 0.25) is 0 Å². The summed E-state index contributed by atoms with van der Waals surface area (Å²) in [6, 6.07) is 20.1. The van der Waals surface area contributed by atoms with Crippen molar-refractivity contribution < 1.29 is 9.53 Å². The van der Waals surface area contributed by atoms with E-state index >= 15 is 0 Å². The number of rotatable bonds is 9. The van der Waals surface area contributed by atoms with Crippen LogP contribution in [0.3, 0.4) is 0 Å². The van der Waals surface area contributed by atoms with Crippen LogP contribution in [-0.2, 0) is 11.2 Å². The van der Waals surface area contributed by atoms with Gasteiger partial charge in [-0.25, -0.2) is 0 Å². The Balaban J connectivity index is 1.46. The van der Waals surface area contributed by atoms with Gasteiger partial charge in [0.1, 0.15) is 6.23 Å². The largest absolute Gasteiger partial charge is 0.363 e. The van der Waals surface area contributed by atoms with Crippen LogP contribution in [0.15, 0.2) is 60.7 Å². The Labute approximate surface area is 162 Å². The number of Topliss-reactive ketones (excluding diaryl/α,β-unsaturated/α-hetero) is 1. The minimum Gasteiger partial charge on any atom is -0.363 e. The number of hydrogen-bond acceptors (Lipinski definition) is 4. The van der Waals surface area contributed by atoms with Crippen molar-refractivity contribution in [3.8, 4) is 0 Å². The number of ether oxygens (including phenoxy) is 1. The summed E-state index contributed by atoms with van der Waals surface area (Å²) in [5.74, 6) is 0.231. The number of hydrogen-bond donors (Lipinski definition) is 0. The first-order valence-electron chi connectivity index (χ1n) is 9.96. The number of benzene rings is 2. The Morgan fingerprint density at radius 1 is 0.963 bits per heavy atom. The Bertz CT molecular complexity index is 682. The highest BCUT2D eigenvalue weighted by Crippen LogP contribution is 2.14. The molecule has 1 aliphatic heterocycles. The van der Waals surface area contributed by atoms with Gasteiger partial charge < -0.3 is 9.64 Å². The summed E-state index contributed by atoms with van der Waals surface area (Å²) in [7, 11) is 0. The molecule has 0 radical (unpaired) electrons. The summed E-state index contributed by atoms with van der Waals surface area (Å²) in [5.41, 5.74) is 2.13. The van der Waals surface area contributed by atoms with Crippen molar-refractivity contribution in [3.63, 3.8) is 0 Å². The van der Waals surface area contributed by atoms with E-state index in [-0.39, 0.29) is 12.0 Å². The SMILES string of the molecule is CCOC(Cc1ccccc1)N1CCN(CCC(=O)c2ccccc2)CC1. The molecule has 3 rings (SSSR count). The van der Waals surface area contributed by atoms with Gasteiger partial charge in [-0.3, -0.25) is 9.69 Å². The molecule has 1 fully saturated rings. The summed E-state index contributed by atoms with van der Waals surface area (Å²) in [6.07, 6.45) is 1.63. The molecule has 1 saturated heterocycles. The predicted molar refractivity (Wildman–Crippen MR) is 109 cm³/mol. The fraction of sp³-hybridized carbons (Fsp3) is 0.435. The molecule has 0 saturated carbocycles. The van der Waals surface area contributed by atoms with E-state index < -0.39 is 0 Å². The first-order valence-corrected chi connectivity index (χ1v) is 9.96. The van der Waals surface area contributed by atoms with E-state index in [1.54, 1.807) is 0 Å². The van der Waals surface area contributed by atoms with E-state index in [1.165, 1.54) is 5.56 Å². The van der Waals surface area contributed by atoms with Gasteiger partial charge in [-0.15, -0.1) is 0 Å². The van der Waals surface area contributed by atoms with E-state index in [2.05, 4.69) is 47.1 Å². The molecule has 4 nitrogen and oxygen atoms in total. The van der Waals surface area contributed by atoms with Crippen LogP contribution in [0.2, 0.25) is 0 Å². The zero-order chi connectivity index (χ0) is 18.9. The standard InChI is InChI=1S/C23H30N2O2/c1-2-27-23(19-20-9-5-3-6-10-20)25-17-15-24(16-18-25)14-13-22(26)21-11-7-4-8-12-21/h3-12,23H,2,13-19H2,1H3. The first kappa shape index (κ1) is 19.7. The van der Waals surface area contributed by atoms with Crippen molar-refractivity contribution >= 4 is 5.78 Å². The number of carbonyl (C=O) groups excluding carboxylic acids is 1. The molecule has 1 aliphatic rings. The average Bonchev–Trinajstić information content (AvgIpc) is 2.73. The lowest BCUT2D eigenvalue weighted by Gasteiger charge is -2.39. The molecule has 0 aromatic heterocycles. The second-order valence-electron chi connectivity index (χ2n) is 7.02. The highest BCUT2D eigenvalue weighted by Gasteiger charge is 2.24. The molecule has 0 aliphatic carbocycles. The molecule has 144 valence electrons. The van der Waals surface area contributed by atoms with Gasteiger partial charge in [0.25, 0.3) is 0 Å². The molecular formula is C23H30N2O2. The molecule has 1 heterocycles. The summed E-state index contributed by atoms with van der Waals surface area (Å²) < 4.78 is 6.03. The lowest BCUT2D eigenvalue weighted by Crippen LogP contribution is -2.52. The lowest BCUT2D eigenvalue weighted by molar-refractivity contribution is -0.0711. The normalized spacial score (nSPS) is 16.9. The van der Waals surface area contributed by atoms with Gasteiger partial charge in [-0.1, -0.05) is 60.7 Å². The number of carbonyl (C=O) groups is 1. The summed E-state index contributed by atoms with van der Waals surface area (Å²) in [6.45, 7) is 7.56. The van der Waals surface area contributed by atoms with Crippen LogP contribution in [0.4, 0.5) is 0 Å². The van der Waals surface area contributed by atoms with Crippen LogP contribution >= 0.6 is 0 Å². The van der Waals surface area contributed by atoms with Crippen LogP contribution in [0.1, 0.15) is 29.3 Å². The van der Waals surface area contributed by atoms with Crippen molar-refractivity contribution in [2.75, 3.05) is 39.3 Å². The number of ketones is 1. The maximum absolute atomic E-state index is 12.3. The maximum atomic E-state index is 12.3. The highest BCUT2D eigenvalue weighted by molar-refractivity contribution is 5.96. The van der Waals surface area contributed by atoms with Gasteiger partial charge in [-0.05, 0) is 12.5 Å². The Hall–Kier alpha value is -2.01. The van der Waals surface area contributed by atoms with Gasteiger partial charge >= 0.3 is 0 Å². The molecule has 1 unspecified atom stereocenters. The first-order chi connectivity index (χ1) is 13.3. The molecule has 1 atom stereocenters. The molecule has 0 spiro atoms. The number of piperazine rings is 1. The van der Waals surface area contributed by atoms with Crippen LogP contribution in [0.25, 0.3) is 0 Å². The van der Waals surface area contributed by atoms with Gasteiger partial charge in [0, 0.05) is 57.7 Å². The molecule has 27 heavy (non-hydrogen) atoms. The van der Waals surface area contributed by atoms with Crippen molar-refractivity contribution in [3.05, 3.63) is 71.8 Å². The van der Waals surface area contributed by atoms with E-state index in [0.717, 1.165) is 51.3 Å². The fourth-order valence-electron chi connectivity index (χ4n) is 3.60. The minimum atomic E-state index is 0.130. The summed E-state index contributed by atoms with van der Waals surface area (Å²) >= 11 is 0. The van der Waals surface area contributed by atoms with E-state index in [9.17, 15) is 4.79 Å². The van der Waals surface area contributed by atoms with E-state index in [0.29, 0.717) is 6.42 Å². The second-order valence-corrected chi connectivity index (χ2v) is 7.02. The van der Waals surface area contributed by atoms with Gasteiger partial charge in [0.05, 0.1) is 0 Å². The van der Waals surface area contributed by atoms with Crippen LogP contribution in [-0.4, -0.2) is 61.1 Å². The molecule has 0 amide bonds. The van der Waals surface area contributed by atoms with Crippen LogP contribution < -0.4 is 0 Å². The molecule has 2 aromatic rings. The Kier molecular flexibility index (Phi) is 7.57. The minimum absolute atomic E-state index is 0.130. The monoisotopic (exact) mass is 366 g/mol. The lowest BCUT2D eigenvalue weighted by atomic mass is 10.1. The Morgan fingerprint density at radius 3 is 2.22 bits per heavy atom.